The summed E-state index contributed by atoms with van der Waals surface area (Å²) in [6, 6.07) is 14.6. The van der Waals surface area contributed by atoms with Crippen molar-refractivity contribution in [1.29, 1.82) is 5.26 Å². The van der Waals surface area contributed by atoms with Crippen molar-refractivity contribution in [1.82, 2.24) is 5.32 Å². The second-order valence-electron chi connectivity index (χ2n) is 6.07. The van der Waals surface area contributed by atoms with Crippen molar-refractivity contribution in [3.05, 3.63) is 64.2 Å². The summed E-state index contributed by atoms with van der Waals surface area (Å²) in [6.07, 6.45) is 3.37. The van der Waals surface area contributed by atoms with E-state index in [2.05, 4.69) is 5.32 Å². The summed E-state index contributed by atoms with van der Waals surface area (Å²) in [5.74, 6) is 0.670. The zero-order valence-corrected chi connectivity index (χ0v) is 16.8. The summed E-state index contributed by atoms with van der Waals surface area (Å²) in [5.41, 5.74) is 1.58. The zero-order valence-electron chi connectivity index (χ0n) is 16.0. The van der Waals surface area contributed by atoms with Crippen LogP contribution in [0.3, 0.4) is 0 Å². The van der Waals surface area contributed by atoms with Crippen LogP contribution < -0.4 is 14.8 Å². The van der Waals surface area contributed by atoms with Gasteiger partial charge in [0, 0.05) is 17.1 Å². The quantitative estimate of drug-likeness (QED) is 0.376. The molecular weight excluding hydrogens is 376 g/mol. The molecule has 1 amide bonds. The molecule has 0 saturated carbocycles. The number of carbonyl (C=O) groups excluding carboxylic acids is 1. The van der Waals surface area contributed by atoms with Gasteiger partial charge in [0.05, 0.1) is 7.11 Å². The van der Waals surface area contributed by atoms with E-state index in [9.17, 15) is 10.1 Å². The molecule has 0 aliphatic carbocycles. The predicted octanol–water partition coefficient (Wildman–Crippen LogP) is 4.75. The third-order valence-corrected chi connectivity index (χ3v) is 4.39. The van der Waals surface area contributed by atoms with Crippen molar-refractivity contribution in [2.75, 3.05) is 13.7 Å². The number of halogens is 1. The number of hydrogen-bond donors (Lipinski definition) is 1. The average Bonchev–Trinajstić information content (AvgIpc) is 2.71. The van der Waals surface area contributed by atoms with Crippen LogP contribution in [0.2, 0.25) is 5.02 Å². The van der Waals surface area contributed by atoms with Crippen LogP contribution in [0.15, 0.2) is 48.0 Å². The smallest absolute Gasteiger partial charge is 0.261 e. The predicted molar refractivity (Wildman–Crippen MR) is 110 cm³/mol. The molecule has 146 valence electrons. The van der Waals surface area contributed by atoms with E-state index in [1.54, 1.807) is 24.3 Å². The van der Waals surface area contributed by atoms with Crippen molar-refractivity contribution < 1.29 is 14.3 Å². The van der Waals surface area contributed by atoms with Crippen LogP contribution in [0.1, 0.15) is 30.9 Å². The molecule has 0 saturated heterocycles. The topological polar surface area (TPSA) is 71.4 Å². The van der Waals surface area contributed by atoms with E-state index in [-0.39, 0.29) is 11.5 Å². The minimum atomic E-state index is -0.381. The Balaban J connectivity index is 2.14. The first-order valence-corrected chi connectivity index (χ1v) is 9.41. The molecular formula is C22H23ClN2O3. The maximum Gasteiger partial charge on any atom is 0.261 e. The van der Waals surface area contributed by atoms with E-state index in [1.165, 1.54) is 13.2 Å². The monoisotopic (exact) mass is 398 g/mol. The van der Waals surface area contributed by atoms with Crippen LogP contribution in [-0.2, 0) is 11.4 Å². The van der Waals surface area contributed by atoms with E-state index in [1.807, 2.05) is 31.2 Å². The third-order valence-electron chi connectivity index (χ3n) is 4.02. The second kappa shape index (κ2) is 11.0. The van der Waals surface area contributed by atoms with E-state index in [0.717, 1.165) is 18.4 Å². The first-order valence-electron chi connectivity index (χ1n) is 9.03. The fraction of sp³-hybridized carbons (Fsp3) is 0.273. The minimum absolute atomic E-state index is 0.0443. The first kappa shape index (κ1) is 21.3. The third kappa shape index (κ3) is 6.04. The molecule has 0 aromatic heterocycles. The SMILES string of the molecule is CCCCNC(=O)/C(C#N)=C\c1ccc(OCc2ccccc2Cl)c(OC)c1. The van der Waals surface area contributed by atoms with Gasteiger partial charge in [0.25, 0.3) is 5.91 Å². The second-order valence-corrected chi connectivity index (χ2v) is 6.48. The van der Waals surface area contributed by atoms with E-state index in [4.69, 9.17) is 21.1 Å². The van der Waals surface area contributed by atoms with Crippen molar-refractivity contribution in [3.63, 3.8) is 0 Å². The van der Waals surface area contributed by atoms with Crippen molar-refractivity contribution in [2.24, 2.45) is 0 Å². The molecule has 0 heterocycles. The molecule has 0 aliphatic rings. The molecule has 28 heavy (non-hydrogen) atoms. The molecule has 0 atom stereocenters. The lowest BCUT2D eigenvalue weighted by Gasteiger charge is -2.12. The maximum atomic E-state index is 12.1. The van der Waals surface area contributed by atoms with Gasteiger partial charge in [-0.25, -0.2) is 0 Å². The molecule has 2 aromatic carbocycles. The van der Waals surface area contributed by atoms with Gasteiger partial charge in [-0.3, -0.25) is 4.79 Å². The number of rotatable bonds is 9. The van der Waals surface area contributed by atoms with E-state index in [0.29, 0.717) is 35.2 Å². The van der Waals surface area contributed by atoms with Gasteiger partial charge in [-0.2, -0.15) is 5.26 Å². The van der Waals surface area contributed by atoms with Gasteiger partial charge in [0.1, 0.15) is 18.2 Å². The first-order chi connectivity index (χ1) is 13.6. The van der Waals surface area contributed by atoms with Crippen molar-refractivity contribution in [3.8, 4) is 17.6 Å². The van der Waals surface area contributed by atoms with Gasteiger partial charge in [0.15, 0.2) is 11.5 Å². The summed E-state index contributed by atoms with van der Waals surface area (Å²) < 4.78 is 11.2. The van der Waals surface area contributed by atoms with Gasteiger partial charge in [-0.05, 0) is 36.3 Å². The number of amides is 1. The number of hydrogen-bond acceptors (Lipinski definition) is 4. The van der Waals surface area contributed by atoms with Gasteiger partial charge in [-0.15, -0.1) is 0 Å². The minimum Gasteiger partial charge on any atom is -0.493 e. The van der Waals surface area contributed by atoms with Crippen LogP contribution in [-0.4, -0.2) is 19.6 Å². The van der Waals surface area contributed by atoms with Crippen LogP contribution >= 0.6 is 11.6 Å². The van der Waals surface area contributed by atoms with E-state index >= 15 is 0 Å². The molecule has 2 rings (SSSR count). The molecule has 1 N–H and O–H groups in total. The van der Waals surface area contributed by atoms with E-state index < -0.39 is 0 Å². The van der Waals surface area contributed by atoms with Gasteiger partial charge in [-0.1, -0.05) is 49.2 Å². The lowest BCUT2D eigenvalue weighted by atomic mass is 10.1. The fourth-order valence-electron chi connectivity index (χ4n) is 2.45. The van der Waals surface area contributed by atoms with Gasteiger partial charge >= 0.3 is 0 Å². The fourth-order valence-corrected chi connectivity index (χ4v) is 2.64. The van der Waals surface area contributed by atoms with Crippen molar-refractivity contribution in [2.45, 2.75) is 26.4 Å². The zero-order chi connectivity index (χ0) is 20.4. The normalized spacial score (nSPS) is 10.9. The van der Waals surface area contributed by atoms with Crippen LogP contribution in [0.4, 0.5) is 0 Å². The largest absolute Gasteiger partial charge is 0.493 e. The Kier molecular flexibility index (Phi) is 8.38. The number of unbranched alkanes of at least 4 members (excludes halogenated alkanes) is 1. The standard InChI is InChI=1S/C22H23ClN2O3/c1-3-4-11-25-22(26)18(14-24)12-16-9-10-20(21(13-16)27-2)28-15-17-7-5-6-8-19(17)23/h5-10,12-13H,3-4,11,15H2,1-2H3,(H,25,26)/b18-12-. The lowest BCUT2D eigenvalue weighted by molar-refractivity contribution is -0.117. The Hall–Kier alpha value is -2.97. The summed E-state index contributed by atoms with van der Waals surface area (Å²) in [7, 11) is 1.54. The van der Waals surface area contributed by atoms with Crippen LogP contribution in [0.5, 0.6) is 11.5 Å². The maximum absolute atomic E-state index is 12.1. The number of nitriles is 1. The highest BCUT2D eigenvalue weighted by Crippen LogP contribution is 2.30. The average molecular weight is 399 g/mol. The molecule has 0 aliphatic heterocycles. The number of nitrogens with one attached hydrogen (secondary N) is 1. The molecule has 0 fully saturated rings. The molecule has 2 aromatic rings. The summed E-state index contributed by atoms with van der Waals surface area (Å²) in [6.45, 7) is 2.88. The highest BCUT2D eigenvalue weighted by molar-refractivity contribution is 6.31. The number of methoxy groups -OCH3 is 1. The highest BCUT2D eigenvalue weighted by atomic mass is 35.5. The number of ether oxygens (including phenoxy) is 2. The Morgan fingerprint density at radius 1 is 1.25 bits per heavy atom. The van der Waals surface area contributed by atoms with Crippen LogP contribution in [0.25, 0.3) is 6.08 Å². The molecule has 0 bridgehead atoms. The lowest BCUT2D eigenvalue weighted by Crippen LogP contribution is -2.25. The Morgan fingerprint density at radius 3 is 2.71 bits per heavy atom. The molecule has 6 heteroatoms. The summed E-state index contributed by atoms with van der Waals surface area (Å²) in [4.78, 5) is 12.1. The molecule has 5 nitrogen and oxygen atoms in total. The molecule has 0 spiro atoms. The van der Waals surface area contributed by atoms with Gasteiger partial charge in [0.2, 0.25) is 0 Å². The van der Waals surface area contributed by atoms with Crippen LogP contribution in [0, 0.1) is 11.3 Å². The van der Waals surface area contributed by atoms with Gasteiger partial charge < -0.3 is 14.8 Å². The Bertz CT molecular complexity index is 888. The number of nitrogens with zero attached hydrogens (tertiary/aromatic N) is 1. The molecule has 0 radical (unpaired) electrons. The number of carbonyl (C=O) groups is 1. The Labute approximate surface area is 170 Å². The van der Waals surface area contributed by atoms with Crippen molar-refractivity contribution >= 4 is 23.6 Å². The molecule has 0 unspecified atom stereocenters. The number of benzene rings is 2. The highest BCUT2D eigenvalue weighted by Gasteiger charge is 2.11. The summed E-state index contributed by atoms with van der Waals surface area (Å²) in [5, 5.41) is 12.7. The Morgan fingerprint density at radius 2 is 2.04 bits per heavy atom. The summed E-state index contributed by atoms with van der Waals surface area (Å²) >= 11 is 6.15.